The van der Waals surface area contributed by atoms with Gasteiger partial charge in [0.2, 0.25) is 0 Å². The molecule has 1 heterocycles. The predicted octanol–water partition coefficient (Wildman–Crippen LogP) is 4.33. The van der Waals surface area contributed by atoms with Gasteiger partial charge >= 0.3 is 0 Å². The smallest absolute Gasteiger partial charge is 0.166 e. The zero-order chi connectivity index (χ0) is 14.9. The van der Waals surface area contributed by atoms with Gasteiger partial charge in [-0.2, -0.15) is 0 Å². The van der Waals surface area contributed by atoms with Crippen molar-refractivity contribution >= 4 is 11.4 Å². The molecule has 0 bridgehead atoms. The first-order valence-electron chi connectivity index (χ1n) is 7.85. The van der Waals surface area contributed by atoms with E-state index in [1.54, 1.807) is 0 Å². The van der Waals surface area contributed by atoms with Crippen LogP contribution >= 0.6 is 0 Å². The maximum Gasteiger partial charge on any atom is 0.166 e. The molecule has 2 atom stereocenters. The lowest BCUT2D eigenvalue weighted by Gasteiger charge is -2.30. The van der Waals surface area contributed by atoms with E-state index < -0.39 is 0 Å². The third-order valence-electron chi connectivity index (χ3n) is 4.60. The number of Topliss-reactive ketones (excluding diaryl/α,β-unsaturated/α-hetero) is 1. The van der Waals surface area contributed by atoms with Gasteiger partial charge in [0.15, 0.2) is 5.78 Å². The standard InChI is InChI=1S/C20H18O2/c21-17-13-19-16(20(17)15-9-5-2-6-10-15)11-12-18(22-19)14-7-3-1-4-8-14/h1-10,18-19H,11-13H2/t18-,19-/m0/s1. The zero-order valence-electron chi connectivity index (χ0n) is 12.4. The summed E-state index contributed by atoms with van der Waals surface area (Å²) in [7, 11) is 0. The fraction of sp³-hybridized carbons (Fsp3) is 0.250. The van der Waals surface area contributed by atoms with Crippen molar-refractivity contribution in [3.05, 3.63) is 77.4 Å². The quantitative estimate of drug-likeness (QED) is 0.822. The van der Waals surface area contributed by atoms with E-state index in [9.17, 15) is 4.79 Å². The van der Waals surface area contributed by atoms with Crippen LogP contribution in [0.25, 0.3) is 5.57 Å². The van der Waals surface area contributed by atoms with Crippen molar-refractivity contribution in [3.63, 3.8) is 0 Å². The molecule has 4 rings (SSSR count). The van der Waals surface area contributed by atoms with Gasteiger partial charge in [-0.05, 0) is 29.5 Å². The van der Waals surface area contributed by atoms with Gasteiger partial charge < -0.3 is 4.74 Å². The van der Waals surface area contributed by atoms with Crippen molar-refractivity contribution in [2.24, 2.45) is 0 Å². The topological polar surface area (TPSA) is 26.3 Å². The summed E-state index contributed by atoms with van der Waals surface area (Å²) in [5, 5.41) is 0. The van der Waals surface area contributed by atoms with Crippen LogP contribution in [0.15, 0.2) is 66.2 Å². The van der Waals surface area contributed by atoms with E-state index in [2.05, 4.69) is 12.1 Å². The Balaban J connectivity index is 1.64. The van der Waals surface area contributed by atoms with E-state index in [0.717, 1.165) is 24.0 Å². The maximum absolute atomic E-state index is 12.4. The lowest BCUT2D eigenvalue weighted by Crippen LogP contribution is -2.22. The average molecular weight is 290 g/mol. The van der Waals surface area contributed by atoms with Gasteiger partial charge in [0.05, 0.1) is 12.2 Å². The largest absolute Gasteiger partial charge is 0.365 e. The maximum atomic E-state index is 12.4. The van der Waals surface area contributed by atoms with Crippen molar-refractivity contribution < 1.29 is 9.53 Å². The van der Waals surface area contributed by atoms with Crippen LogP contribution in [0.5, 0.6) is 0 Å². The van der Waals surface area contributed by atoms with Crippen molar-refractivity contribution in [3.8, 4) is 0 Å². The van der Waals surface area contributed by atoms with E-state index in [4.69, 9.17) is 4.74 Å². The highest BCUT2D eigenvalue weighted by molar-refractivity contribution is 6.24. The number of carbonyl (C=O) groups excluding carboxylic acids is 1. The molecule has 2 aromatic rings. The minimum atomic E-state index is -0.0401. The molecule has 1 aliphatic carbocycles. The summed E-state index contributed by atoms with van der Waals surface area (Å²) in [5.41, 5.74) is 4.34. The number of hydrogen-bond donors (Lipinski definition) is 0. The first-order chi connectivity index (χ1) is 10.8. The van der Waals surface area contributed by atoms with E-state index >= 15 is 0 Å². The fourth-order valence-electron chi connectivity index (χ4n) is 3.57. The minimum Gasteiger partial charge on any atom is -0.365 e. The molecule has 1 aliphatic heterocycles. The Labute approximate surface area is 130 Å². The Kier molecular flexibility index (Phi) is 3.39. The Morgan fingerprint density at radius 2 is 1.55 bits per heavy atom. The average Bonchev–Trinajstić information content (AvgIpc) is 2.91. The molecule has 0 radical (unpaired) electrons. The van der Waals surface area contributed by atoms with Gasteiger partial charge in [-0.25, -0.2) is 0 Å². The van der Waals surface area contributed by atoms with E-state index in [1.807, 2.05) is 48.5 Å². The normalized spacial score (nSPS) is 24.5. The lowest BCUT2D eigenvalue weighted by molar-refractivity contribution is -0.116. The number of ether oxygens (including phenoxy) is 1. The zero-order valence-corrected chi connectivity index (χ0v) is 12.4. The van der Waals surface area contributed by atoms with Crippen molar-refractivity contribution in [2.75, 3.05) is 0 Å². The van der Waals surface area contributed by atoms with E-state index in [-0.39, 0.29) is 18.0 Å². The van der Waals surface area contributed by atoms with Crippen molar-refractivity contribution in [1.29, 1.82) is 0 Å². The van der Waals surface area contributed by atoms with Gasteiger partial charge in [0.1, 0.15) is 0 Å². The van der Waals surface area contributed by atoms with Crippen LogP contribution in [-0.4, -0.2) is 11.9 Å². The van der Waals surface area contributed by atoms with Crippen LogP contribution in [0.3, 0.4) is 0 Å². The number of ketones is 1. The van der Waals surface area contributed by atoms with Gasteiger partial charge in [-0.1, -0.05) is 60.7 Å². The van der Waals surface area contributed by atoms with E-state index in [0.29, 0.717) is 6.42 Å². The molecule has 0 amide bonds. The number of carbonyl (C=O) groups is 1. The molecule has 22 heavy (non-hydrogen) atoms. The molecule has 0 unspecified atom stereocenters. The number of benzene rings is 2. The van der Waals surface area contributed by atoms with Crippen molar-refractivity contribution in [2.45, 2.75) is 31.5 Å². The van der Waals surface area contributed by atoms with Crippen LogP contribution in [0, 0.1) is 0 Å². The number of fused-ring (bicyclic) bond motifs is 1. The second-order valence-electron chi connectivity index (χ2n) is 5.96. The highest BCUT2D eigenvalue weighted by Crippen LogP contribution is 2.43. The Morgan fingerprint density at radius 1 is 0.864 bits per heavy atom. The first kappa shape index (κ1) is 13.5. The molecule has 1 fully saturated rings. The number of hydrogen-bond acceptors (Lipinski definition) is 2. The monoisotopic (exact) mass is 290 g/mol. The third-order valence-corrected chi connectivity index (χ3v) is 4.60. The summed E-state index contributed by atoms with van der Waals surface area (Å²) in [6.07, 6.45) is 2.45. The third kappa shape index (κ3) is 2.30. The Hall–Kier alpha value is -2.19. The van der Waals surface area contributed by atoms with Crippen LogP contribution in [0.2, 0.25) is 0 Å². The molecular formula is C20H18O2. The second kappa shape index (κ2) is 5.54. The number of rotatable bonds is 2. The van der Waals surface area contributed by atoms with Gasteiger partial charge in [-0.3, -0.25) is 4.79 Å². The molecule has 2 aliphatic rings. The predicted molar refractivity (Wildman–Crippen MR) is 86.3 cm³/mol. The summed E-state index contributed by atoms with van der Waals surface area (Å²) in [5.74, 6) is 0.222. The Bertz CT molecular complexity index is 716. The van der Waals surface area contributed by atoms with Gasteiger partial charge in [-0.15, -0.1) is 0 Å². The van der Waals surface area contributed by atoms with Crippen LogP contribution in [0.1, 0.15) is 36.5 Å². The molecule has 2 aromatic carbocycles. The molecule has 2 nitrogen and oxygen atoms in total. The number of allylic oxidation sites excluding steroid dienone is 1. The van der Waals surface area contributed by atoms with Gasteiger partial charge in [0, 0.05) is 12.0 Å². The SMILES string of the molecule is O=C1C[C@@H]2O[C@H](c3ccccc3)CCC2=C1c1ccccc1. The molecule has 1 saturated heterocycles. The molecule has 0 spiro atoms. The summed E-state index contributed by atoms with van der Waals surface area (Å²) in [6, 6.07) is 20.3. The highest BCUT2D eigenvalue weighted by atomic mass is 16.5. The second-order valence-corrected chi connectivity index (χ2v) is 5.96. The minimum absolute atomic E-state index is 0.0401. The summed E-state index contributed by atoms with van der Waals surface area (Å²) >= 11 is 0. The molecule has 2 heteroatoms. The van der Waals surface area contributed by atoms with E-state index in [1.165, 1.54) is 11.1 Å². The highest BCUT2D eigenvalue weighted by Gasteiger charge is 2.38. The summed E-state index contributed by atoms with van der Waals surface area (Å²) < 4.78 is 6.24. The summed E-state index contributed by atoms with van der Waals surface area (Å²) in [4.78, 5) is 12.4. The first-order valence-corrected chi connectivity index (χ1v) is 7.85. The van der Waals surface area contributed by atoms with Crippen molar-refractivity contribution in [1.82, 2.24) is 0 Å². The van der Waals surface area contributed by atoms with Crippen LogP contribution in [-0.2, 0) is 9.53 Å². The fourth-order valence-corrected chi connectivity index (χ4v) is 3.57. The molecule has 0 aromatic heterocycles. The molecule has 0 saturated carbocycles. The molecule has 0 N–H and O–H groups in total. The molecular weight excluding hydrogens is 272 g/mol. The van der Waals surface area contributed by atoms with Gasteiger partial charge in [0.25, 0.3) is 0 Å². The van der Waals surface area contributed by atoms with Crippen LogP contribution < -0.4 is 0 Å². The molecule has 110 valence electrons. The van der Waals surface area contributed by atoms with Crippen LogP contribution in [0.4, 0.5) is 0 Å². The Morgan fingerprint density at radius 3 is 2.27 bits per heavy atom. The lowest BCUT2D eigenvalue weighted by atomic mass is 9.92. The summed E-state index contributed by atoms with van der Waals surface area (Å²) in [6.45, 7) is 0.